The predicted octanol–water partition coefficient (Wildman–Crippen LogP) is 2.25. The number of hydrogen-bond donors (Lipinski definition) is 3. The molecule has 0 saturated heterocycles. The van der Waals surface area contributed by atoms with Crippen molar-refractivity contribution in [3.63, 3.8) is 0 Å². The Morgan fingerprint density at radius 2 is 1.88 bits per heavy atom. The van der Waals surface area contributed by atoms with Crippen LogP contribution in [0, 0.1) is 0 Å². The number of rotatable bonds is 6. The Morgan fingerprint density at radius 3 is 2.54 bits per heavy atom. The maximum Gasteiger partial charge on any atom is 0.265 e. The van der Waals surface area contributed by atoms with E-state index in [0.29, 0.717) is 16.1 Å². The van der Waals surface area contributed by atoms with E-state index >= 15 is 0 Å². The summed E-state index contributed by atoms with van der Waals surface area (Å²) in [6.45, 7) is 3.60. The summed E-state index contributed by atoms with van der Waals surface area (Å²) in [5.41, 5.74) is 0.893. The van der Waals surface area contributed by atoms with Gasteiger partial charge in [0.25, 0.3) is 11.8 Å². The lowest BCUT2D eigenvalue weighted by Gasteiger charge is -2.10. The van der Waals surface area contributed by atoms with Gasteiger partial charge in [-0.15, -0.1) is 11.3 Å². The summed E-state index contributed by atoms with van der Waals surface area (Å²) in [5.74, 6) is -0.847. The number of amides is 3. The third-order valence-electron chi connectivity index (χ3n) is 2.99. The first-order valence-electron chi connectivity index (χ1n) is 7.48. The van der Waals surface area contributed by atoms with Crippen LogP contribution in [0.1, 0.15) is 33.9 Å². The van der Waals surface area contributed by atoms with Gasteiger partial charge in [-0.3, -0.25) is 14.4 Å². The zero-order chi connectivity index (χ0) is 17.5. The largest absolute Gasteiger partial charge is 0.352 e. The van der Waals surface area contributed by atoms with E-state index in [1.807, 2.05) is 19.2 Å². The van der Waals surface area contributed by atoms with Gasteiger partial charge in [0.2, 0.25) is 5.91 Å². The molecule has 0 aliphatic heterocycles. The highest BCUT2D eigenvalue weighted by Gasteiger charge is 2.11. The second kappa shape index (κ2) is 8.26. The van der Waals surface area contributed by atoms with Crippen LogP contribution < -0.4 is 16.0 Å². The van der Waals surface area contributed by atoms with E-state index in [-0.39, 0.29) is 30.3 Å². The molecule has 0 radical (unpaired) electrons. The fourth-order valence-corrected chi connectivity index (χ4v) is 2.59. The molecule has 3 N–H and O–H groups in total. The quantitative estimate of drug-likeness (QED) is 0.750. The van der Waals surface area contributed by atoms with Crippen molar-refractivity contribution in [1.29, 1.82) is 0 Å². The minimum Gasteiger partial charge on any atom is -0.352 e. The number of nitrogens with one attached hydrogen (secondary N) is 3. The van der Waals surface area contributed by atoms with Gasteiger partial charge in [-0.2, -0.15) is 0 Å². The van der Waals surface area contributed by atoms with Crippen LogP contribution in [-0.4, -0.2) is 30.3 Å². The molecule has 0 spiro atoms. The Labute approximate surface area is 144 Å². The van der Waals surface area contributed by atoms with Crippen molar-refractivity contribution < 1.29 is 14.4 Å². The molecule has 0 bridgehead atoms. The highest BCUT2D eigenvalue weighted by molar-refractivity contribution is 7.12. The molecule has 0 fully saturated rings. The third-order valence-corrected chi connectivity index (χ3v) is 3.86. The summed E-state index contributed by atoms with van der Waals surface area (Å²) < 4.78 is 0. The maximum atomic E-state index is 12.1. The molecular formula is C17H19N3O3S. The van der Waals surface area contributed by atoms with Crippen LogP contribution in [0.25, 0.3) is 0 Å². The molecular weight excluding hydrogens is 326 g/mol. The number of hydrogen-bond acceptors (Lipinski definition) is 4. The molecule has 3 amide bonds. The highest BCUT2D eigenvalue weighted by atomic mass is 32.1. The lowest BCUT2D eigenvalue weighted by atomic mass is 10.2. The predicted molar refractivity (Wildman–Crippen MR) is 94.3 cm³/mol. The van der Waals surface area contributed by atoms with E-state index in [9.17, 15) is 14.4 Å². The van der Waals surface area contributed by atoms with Crippen LogP contribution in [0.4, 0.5) is 5.69 Å². The minimum atomic E-state index is -0.374. The molecule has 7 heteroatoms. The number of carbonyl (C=O) groups excluding carboxylic acids is 3. The van der Waals surface area contributed by atoms with Crippen molar-refractivity contribution >= 4 is 34.7 Å². The molecule has 1 aromatic carbocycles. The van der Waals surface area contributed by atoms with E-state index < -0.39 is 0 Å². The number of thiophene rings is 1. The van der Waals surface area contributed by atoms with Crippen LogP contribution in [0.15, 0.2) is 41.8 Å². The normalized spacial score (nSPS) is 10.3. The summed E-state index contributed by atoms with van der Waals surface area (Å²) in [4.78, 5) is 36.3. The molecule has 0 aliphatic carbocycles. The summed E-state index contributed by atoms with van der Waals surface area (Å²) in [7, 11) is 0. The van der Waals surface area contributed by atoms with Gasteiger partial charge in [-0.25, -0.2) is 0 Å². The van der Waals surface area contributed by atoms with E-state index in [1.54, 1.807) is 36.4 Å². The average molecular weight is 345 g/mol. The molecule has 0 aliphatic rings. The number of carbonyl (C=O) groups is 3. The van der Waals surface area contributed by atoms with Gasteiger partial charge >= 0.3 is 0 Å². The summed E-state index contributed by atoms with van der Waals surface area (Å²) in [5, 5.41) is 9.81. The van der Waals surface area contributed by atoms with Crippen LogP contribution in [0.2, 0.25) is 0 Å². The Kier molecular flexibility index (Phi) is 6.08. The molecule has 2 rings (SSSR count). The summed E-state index contributed by atoms with van der Waals surface area (Å²) in [6, 6.07) is 10.1. The highest BCUT2D eigenvalue weighted by Crippen LogP contribution is 2.14. The van der Waals surface area contributed by atoms with Gasteiger partial charge < -0.3 is 16.0 Å². The zero-order valence-corrected chi connectivity index (χ0v) is 14.3. The summed E-state index contributed by atoms with van der Waals surface area (Å²) in [6.07, 6.45) is 0. The zero-order valence-electron chi connectivity index (χ0n) is 13.5. The van der Waals surface area contributed by atoms with Gasteiger partial charge in [-0.1, -0.05) is 12.1 Å². The van der Waals surface area contributed by atoms with E-state index in [4.69, 9.17) is 0 Å². The molecule has 126 valence electrons. The Bertz CT molecular complexity index is 726. The fraction of sp³-hybridized carbons (Fsp3) is 0.235. The first-order valence-corrected chi connectivity index (χ1v) is 8.36. The van der Waals surface area contributed by atoms with Crippen molar-refractivity contribution in [2.45, 2.75) is 19.9 Å². The first-order chi connectivity index (χ1) is 11.5. The fourth-order valence-electron chi connectivity index (χ4n) is 1.97. The average Bonchev–Trinajstić information content (AvgIpc) is 3.07. The van der Waals surface area contributed by atoms with Crippen LogP contribution in [0.3, 0.4) is 0 Å². The van der Waals surface area contributed by atoms with Gasteiger partial charge in [-0.05, 0) is 43.5 Å². The monoisotopic (exact) mass is 345 g/mol. The molecule has 24 heavy (non-hydrogen) atoms. The molecule has 1 heterocycles. The molecule has 0 saturated carbocycles. The smallest absolute Gasteiger partial charge is 0.265 e. The lowest BCUT2D eigenvalue weighted by Crippen LogP contribution is -2.39. The lowest BCUT2D eigenvalue weighted by molar-refractivity contribution is -0.120. The molecule has 2 aromatic rings. The van der Waals surface area contributed by atoms with Crippen molar-refractivity contribution in [2.24, 2.45) is 0 Å². The summed E-state index contributed by atoms with van der Waals surface area (Å²) >= 11 is 1.34. The van der Waals surface area contributed by atoms with Crippen molar-refractivity contribution in [2.75, 3.05) is 11.9 Å². The van der Waals surface area contributed by atoms with E-state index in [0.717, 1.165) is 0 Å². The standard InChI is InChI=1S/C17H19N3O3S/c1-11(2)19-15(21)10-18-16(22)12-5-3-6-13(9-12)20-17(23)14-7-4-8-24-14/h3-9,11H,10H2,1-2H3,(H,18,22)(H,19,21)(H,20,23). The molecule has 0 unspecified atom stereocenters. The van der Waals surface area contributed by atoms with E-state index in [2.05, 4.69) is 16.0 Å². The van der Waals surface area contributed by atoms with Crippen LogP contribution in [0.5, 0.6) is 0 Å². The molecule has 6 nitrogen and oxygen atoms in total. The van der Waals surface area contributed by atoms with Crippen molar-refractivity contribution in [3.05, 3.63) is 52.2 Å². The van der Waals surface area contributed by atoms with Crippen molar-refractivity contribution in [1.82, 2.24) is 10.6 Å². The Hall–Kier alpha value is -2.67. The minimum absolute atomic E-state index is 0.0187. The van der Waals surface area contributed by atoms with Gasteiger partial charge in [0.05, 0.1) is 11.4 Å². The van der Waals surface area contributed by atoms with Gasteiger partial charge in [0.1, 0.15) is 0 Å². The second-order valence-electron chi connectivity index (χ2n) is 5.42. The second-order valence-corrected chi connectivity index (χ2v) is 6.36. The topological polar surface area (TPSA) is 87.3 Å². The number of anilines is 1. The Morgan fingerprint density at radius 1 is 1.08 bits per heavy atom. The molecule has 0 atom stereocenters. The van der Waals surface area contributed by atoms with Gasteiger partial charge in [0.15, 0.2) is 0 Å². The van der Waals surface area contributed by atoms with Gasteiger partial charge in [0, 0.05) is 17.3 Å². The first kappa shape index (κ1) is 17.7. The number of benzene rings is 1. The van der Waals surface area contributed by atoms with Crippen LogP contribution >= 0.6 is 11.3 Å². The van der Waals surface area contributed by atoms with Crippen molar-refractivity contribution in [3.8, 4) is 0 Å². The van der Waals surface area contributed by atoms with E-state index in [1.165, 1.54) is 11.3 Å². The molecule has 1 aromatic heterocycles. The SMILES string of the molecule is CC(C)NC(=O)CNC(=O)c1cccc(NC(=O)c2cccs2)c1. The maximum absolute atomic E-state index is 12.1. The van der Waals surface area contributed by atoms with Crippen LogP contribution in [-0.2, 0) is 4.79 Å². The Balaban J connectivity index is 1.95. The third kappa shape index (κ3) is 5.20.